The van der Waals surface area contributed by atoms with Crippen LogP contribution in [-0.4, -0.2) is 34.5 Å². The Kier molecular flexibility index (Phi) is 6.00. The topological polar surface area (TPSA) is 104 Å². The number of hydrogen-bond donors (Lipinski definition) is 2. The summed E-state index contributed by atoms with van der Waals surface area (Å²) < 4.78 is 0. The van der Waals surface area contributed by atoms with Crippen molar-refractivity contribution in [1.82, 2.24) is 10.2 Å². The van der Waals surface area contributed by atoms with E-state index in [2.05, 4.69) is 26.9 Å². The zero-order chi connectivity index (χ0) is 22.8. The van der Waals surface area contributed by atoms with E-state index in [1.165, 1.54) is 18.3 Å². The van der Waals surface area contributed by atoms with Gasteiger partial charge in [-0.1, -0.05) is 17.4 Å². The van der Waals surface area contributed by atoms with E-state index < -0.39 is 0 Å². The fourth-order valence-electron chi connectivity index (χ4n) is 3.76. The Morgan fingerprint density at radius 2 is 1.72 bits per heavy atom. The maximum Gasteiger partial charge on any atom is 0.257 e. The lowest BCUT2D eigenvalue weighted by Crippen LogP contribution is -2.24. The highest BCUT2D eigenvalue weighted by atomic mass is 32.1. The Hall–Kier alpha value is -3.59. The van der Waals surface area contributed by atoms with Crippen molar-refractivity contribution in [3.05, 3.63) is 64.2 Å². The number of amides is 3. The van der Waals surface area contributed by atoms with Gasteiger partial charge in [-0.15, -0.1) is 10.2 Å². The molecule has 0 spiro atoms. The predicted molar refractivity (Wildman–Crippen MR) is 124 cm³/mol. The van der Waals surface area contributed by atoms with E-state index in [4.69, 9.17) is 0 Å². The molecule has 2 aromatic carbocycles. The van der Waals surface area contributed by atoms with Crippen molar-refractivity contribution >= 4 is 45.6 Å². The van der Waals surface area contributed by atoms with Gasteiger partial charge < -0.3 is 10.2 Å². The number of nitrogens with one attached hydrogen (secondary N) is 2. The fourth-order valence-corrected chi connectivity index (χ4v) is 4.59. The molecule has 0 saturated carbocycles. The summed E-state index contributed by atoms with van der Waals surface area (Å²) in [6.07, 6.45) is 0.361. The molecule has 1 aromatic heterocycles. The van der Waals surface area contributed by atoms with Crippen molar-refractivity contribution in [3.8, 4) is 0 Å². The Bertz CT molecular complexity index is 1170. The Morgan fingerprint density at radius 1 is 1.03 bits per heavy atom. The molecule has 0 aliphatic carbocycles. The molecule has 1 aliphatic rings. The van der Waals surface area contributed by atoms with Crippen molar-refractivity contribution in [2.45, 2.75) is 33.1 Å². The van der Waals surface area contributed by atoms with E-state index in [-0.39, 0.29) is 23.6 Å². The number of nitrogens with zero attached hydrogens (tertiary/aromatic N) is 3. The molecule has 3 amide bonds. The highest BCUT2D eigenvalue weighted by Gasteiger charge is 2.34. The molecule has 0 bridgehead atoms. The van der Waals surface area contributed by atoms with Crippen molar-refractivity contribution < 1.29 is 14.4 Å². The molecule has 9 heteroatoms. The molecule has 3 aromatic rings. The number of aryl methyl sites for hydroxylation is 2. The molecule has 0 unspecified atom stereocenters. The molecule has 1 fully saturated rings. The third-order valence-corrected chi connectivity index (χ3v) is 6.12. The Labute approximate surface area is 189 Å². The summed E-state index contributed by atoms with van der Waals surface area (Å²) in [6.45, 7) is 5.99. The molecule has 1 aliphatic heterocycles. The van der Waals surface area contributed by atoms with Crippen LogP contribution in [0.25, 0.3) is 0 Å². The summed E-state index contributed by atoms with van der Waals surface area (Å²) in [5, 5.41) is 14.8. The van der Waals surface area contributed by atoms with Crippen LogP contribution in [0.15, 0.2) is 42.5 Å². The van der Waals surface area contributed by atoms with Crippen LogP contribution in [0.4, 0.5) is 16.5 Å². The number of benzene rings is 2. The Balaban J connectivity index is 1.42. The van der Waals surface area contributed by atoms with Gasteiger partial charge in [-0.25, -0.2) is 0 Å². The maximum absolute atomic E-state index is 12.6. The molecule has 8 nitrogen and oxygen atoms in total. The first-order valence-electron chi connectivity index (χ1n) is 10.2. The van der Waals surface area contributed by atoms with Gasteiger partial charge in [0.15, 0.2) is 0 Å². The van der Waals surface area contributed by atoms with Crippen LogP contribution in [0.5, 0.6) is 0 Å². The third kappa shape index (κ3) is 4.83. The Morgan fingerprint density at radius 3 is 2.38 bits per heavy atom. The van der Waals surface area contributed by atoms with Crippen molar-refractivity contribution in [3.63, 3.8) is 0 Å². The van der Waals surface area contributed by atoms with Gasteiger partial charge in [0.2, 0.25) is 16.9 Å². The van der Waals surface area contributed by atoms with Crippen LogP contribution in [0.1, 0.15) is 45.8 Å². The predicted octanol–water partition coefficient (Wildman–Crippen LogP) is 3.89. The highest BCUT2D eigenvalue weighted by molar-refractivity contribution is 7.15. The minimum atomic E-state index is -0.318. The van der Waals surface area contributed by atoms with Gasteiger partial charge >= 0.3 is 0 Å². The molecule has 0 radical (unpaired) electrons. The first-order valence-corrected chi connectivity index (χ1v) is 11.0. The molecule has 2 heterocycles. The zero-order valence-corrected chi connectivity index (χ0v) is 18.8. The number of aromatic nitrogens is 2. The van der Waals surface area contributed by atoms with E-state index in [1.807, 2.05) is 26.0 Å². The summed E-state index contributed by atoms with van der Waals surface area (Å²) in [6, 6.07) is 12.7. The minimum absolute atomic E-state index is 0.0556. The van der Waals surface area contributed by atoms with Gasteiger partial charge in [0, 0.05) is 42.7 Å². The number of hydrogen-bond acceptors (Lipinski definition) is 6. The first-order chi connectivity index (χ1) is 15.3. The van der Waals surface area contributed by atoms with E-state index in [1.54, 1.807) is 29.2 Å². The lowest BCUT2D eigenvalue weighted by molar-refractivity contribution is -0.117. The second kappa shape index (κ2) is 8.88. The second-order valence-electron chi connectivity index (χ2n) is 7.91. The summed E-state index contributed by atoms with van der Waals surface area (Å²) in [7, 11) is 0. The van der Waals surface area contributed by atoms with Crippen LogP contribution in [0.3, 0.4) is 0 Å². The van der Waals surface area contributed by atoms with Crippen LogP contribution in [-0.2, 0) is 9.59 Å². The lowest BCUT2D eigenvalue weighted by Gasteiger charge is -2.17. The monoisotopic (exact) mass is 449 g/mol. The van der Waals surface area contributed by atoms with Gasteiger partial charge in [-0.05, 0) is 61.4 Å². The van der Waals surface area contributed by atoms with Crippen molar-refractivity contribution in [2.24, 2.45) is 0 Å². The van der Waals surface area contributed by atoms with Crippen LogP contribution < -0.4 is 15.5 Å². The molecular formula is C23H23N5O3S. The molecule has 1 atom stereocenters. The summed E-state index contributed by atoms with van der Waals surface area (Å²) in [5.74, 6) is -0.505. The average molecular weight is 450 g/mol. The van der Waals surface area contributed by atoms with E-state index in [0.29, 0.717) is 29.3 Å². The molecule has 32 heavy (non-hydrogen) atoms. The van der Waals surface area contributed by atoms with Crippen molar-refractivity contribution in [1.29, 1.82) is 0 Å². The number of carbonyl (C=O) groups is 3. The molecule has 4 rings (SSSR count). The third-order valence-electron chi connectivity index (χ3n) is 5.12. The van der Waals surface area contributed by atoms with E-state index >= 15 is 0 Å². The normalized spacial score (nSPS) is 15.7. The number of carbonyl (C=O) groups excluding carboxylic acids is 3. The zero-order valence-electron chi connectivity index (χ0n) is 18.0. The van der Waals surface area contributed by atoms with Crippen LogP contribution in [0.2, 0.25) is 0 Å². The van der Waals surface area contributed by atoms with Crippen LogP contribution in [0, 0.1) is 13.8 Å². The molecule has 164 valence electrons. The largest absolute Gasteiger partial charge is 0.326 e. The SMILES string of the molecule is CC(=O)Nc1ccc(C(=O)Nc2nnc([C@H]3CC(=O)N(c4cc(C)cc(C)c4)C3)s2)cc1. The van der Waals surface area contributed by atoms with Crippen LogP contribution >= 0.6 is 11.3 Å². The highest BCUT2D eigenvalue weighted by Crippen LogP contribution is 2.35. The smallest absolute Gasteiger partial charge is 0.257 e. The number of anilines is 3. The van der Waals surface area contributed by atoms with E-state index in [9.17, 15) is 14.4 Å². The van der Waals surface area contributed by atoms with Gasteiger partial charge in [-0.3, -0.25) is 19.7 Å². The summed E-state index contributed by atoms with van der Waals surface area (Å²) in [5.41, 5.74) is 4.18. The average Bonchev–Trinajstić information content (AvgIpc) is 3.34. The quantitative estimate of drug-likeness (QED) is 0.615. The van der Waals surface area contributed by atoms with Gasteiger partial charge in [0.25, 0.3) is 5.91 Å². The minimum Gasteiger partial charge on any atom is -0.326 e. The summed E-state index contributed by atoms with van der Waals surface area (Å²) >= 11 is 1.28. The molecule has 1 saturated heterocycles. The van der Waals surface area contributed by atoms with E-state index in [0.717, 1.165) is 21.8 Å². The summed E-state index contributed by atoms with van der Waals surface area (Å²) in [4.78, 5) is 38.0. The lowest BCUT2D eigenvalue weighted by atomic mass is 10.1. The van der Waals surface area contributed by atoms with Crippen molar-refractivity contribution in [2.75, 3.05) is 22.1 Å². The first kappa shape index (κ1) is 21.6. The van der Waals surface area contributed by atoms with Gasteiger partial charge in [0.05, 0.1) is 0 Å². The number of rotatable bonds is 5. The van der Waals surface area contributed by atoms with Gasteiger partial charge in [0.1, 0.15) is 5.01 Å². The second-order valence-corrected chi connectivity index (χ2v) is 8.92. The molecular weight excluding hydrogens is 426 g/mol. The standard InChI is InChI=1S/C23H23N5O3S/c1-13-8-14(2)10-19(9-13)28-12-17(11-20(28)30)22-26-27-23(32-22)25-21(31)16-4-6-18(7-5-16)24-15(3)29/h4-10,17H,11-12H2,1-3H3,(H,24,29)(H,25,27,31)/t17-/m0/s1. The molecule has 2 N–H and O–H groups in total. The fraction of sp³-hybridized carbons (Fsp3) is 0.261. The maximum atomic E-state index is 12.6. The van der Waals surface area contributed by atoms with Gasteiger partial charge in [-0.2, -0.15) is 0 Å².